The molecule has 3 aliphatic rings. The van der Waals surface area contributed by atoms with E-state index < -0.39 is 18.7 Å². The number of aromatic nitrogens is 6. The van der Waals surface area contributed by atoms with Gasteiger partial charge in [0.1, 0.15) is 11.5 Å². The highest BCUT2D eigenvalue weighted by Gasteiger charge is 2.35. The van der Waals surface area contributed by atoms with Crippen LogP contribution in [0.3, 0.4) is 0 Å². The van der Waals surface area contributed by atoms with Crippen molar-refractivity contribution in [2.75, 3.05) is 6.61 Å². The summed E-state index contributed by atoms with van der Waals surface area (Å²) < 4.78 is 70.4. The molecular weight excluding hydrogens is 582 g/mol. The molecule has 0 saturated heterocycles. The van der Waals surface area contributed by atoms with E-state index in [0.29, 0.717) is 49.5 Å². The molecule has 0 radical (unpaired) electrons. The van der Waals surface area contributed by atoms with Crippen LogP contribution in [0.1, 0.15) is 43.9 Å². The van der Waals surface area contributed by atoms with Crippen LogP contribution in [-0.4, -0.2) is 48.2 Å². The average molecular weight is 614 g/mol. The third-order valence-electron chi connectivity index (χ3n) is 6.85. The van der Waals surface area contributed by atoms with Crippen LogP contribution in [0, 0.1) is 0 Å². The second-order valence-electron chi connectivity index (χ2n) is 10.1. The molecule has 232 valence electrons. The molecule has 14 heteroatoms. The van der Waals surface area contributed by atoms with E-state index in [4.69, 9.17) is 20.2 Å². The van der Waals surface area contributed by atoms with E-state index >= 15 is 0 Å². The van der Waals surface area contributed by atoms with Gasteiger partial charge in [-0.2, -0.15) is 13.9 Å². The number of hydrogen-bond donors (Lipinski definition) is 1. The number of benzene rings is 1. The second-order valence-corrected chi connectivity index (χ2v) is 10.1. The Morgan fingerprint density at radius 1 is 1.07 bits per heavy atom. The number of fused-ring (bicyclic) bond motifs is 2. The van der Waals surface area contributed by atoms with Crippen molar-refractivity contribution in [1.29, 1.82) is 0 Å². The predicted molar refractivity (Wildman–Crippen MR) is 154 cm³/mol. The number of halogens is 4. The first-order valence-electron chi connectivity index (χ1n) is 14.0. The first-order valence-corrected chi connectivity index (χ1v) is 14.0. The summed E-state index contributed by atoms with van der Waals surface area (Å²) in [7, 11) is 1.56. The van der Waals surface area contributed by atoms with E-state index in [1.807, 2.05) is 48.0 Å². The topological polar surface area (TPSA) is 115 Å². The van der Waals surface area contributed by atoms with Gasteiger partial charge in [-0.3, -0.25) is 9.48 Å². The van der Waals surface area contributed by atoms with Gasteiger partial charge in [-0.15, -0.1) is 5.10 Å². The monoisotopic (exact) mass is 613 g/mol. The van der Waals surface area contributed by atoms with Crippen LogP contribution in [-0.2, 0) is 24.9 Å². The molecule has 0 saturated carbocycles. The Labute approximate surface area is 250 Å². The average Bonchev–Trinajstić information content (AvgIpc) is 3.66. The van der Waals surface area contributed by atoms with Crippen molar-refractivity contribution < 1.29 is 31.8 Å². The molecule has 0 atom stereocenters. The van der Waals surface area contributed by atoms with Gasteiger partial charge in [0.25, 0.3) is 6.43 Å². The predicted octanol–water partition coefficient (Wildman–Crippen LogP) is 5.89. The molecule has 5 heterocycles. The lowest BCUT2D eigenvalue weighted by molar-refractivity contribution is -0.118. The Hall–Kier alpha value is -4.88. The van der Waals surface area contributed by atoms with Gasteiger partial charge in [0.2, 0.25) is 17.7 Å². The van der Waals surface area contributed by atoms with E-state index in [-0.39, 0.29) is 34.5 Å². The maximum Gasteiger partial charge on any atom is 0.388 e. The van der Waals surface area contributed by atoms with Crippen molar-refractivity contribution in [2.45, 2.75) is 52.3 Å². The smallest absolute Gasteiger partial charge is 0.388 e. The van der Waals surface area contributed by atoms with Gasteiger partial charge in [0.05, 0.1) is 23.4 Å². The summed E-state index contributed by atoms with van der Waals surface area (Å²) in [4.78, 5) is 14.6. The van der Waals surface area contributed by atoms with Gasteiger partial charge in [-0.25, -0.2) is 18.4 Å². The molecule has 0 spiro atoms. The molecule has 44 heavy (non-hydrogen) atoms. The highest BCUT2D eigenvalue weighted by Crippen LogP contribution is 2.49. The summed E-state index contributed by atoms with van der Waals surface area (Å²) in [6, 6.07) is 13.2. The van der Waals surface area contributed by atoms with Gasteiger partial charge >= 0.3 is 6.61 Å². The van der Waals surface area contributed by atoms with E-state index in [0.717, 1.165) is 12.0 Å². The summed E-state index contributed by atoms with van der Waals surface area (Å²) in [6.07, 6.45) is 2.40. The number of rotatable bonds is 9. The van der Waals surface area contributed by atoms with Crippen LogP contribution >= 0.6 is 0 Å². The lowest BCUT2D eigenvalue weighted by Gasteiger charge is -2.16. The zero-order valence-electron chi connectivity index (χ0n) is 24.1. The minimum atomic E-state index is -3.13. The quantitative estimate of drug-likeness (QED) is 0.207. The number of alkyl halides is 4. The van der Waals surface area contributed by atoms with Crippen LogP contribution in [0.4, 0.5) is 17.6 Å². The lowest BCUT2D eigenvalue weighted by Crippen LogP contribution is -2.15. The molecule has 1 amide bonds. The molecule has 0 fully saturated rings. The Morgan fingerprint density at radius 3 is 2.50 bits per heavy atom. The Bertz CT molecular complexity index is 1700. The summed E-state index contributed by atoms with van der Waals surface area (Å²) >= 11 is 0. The number of nitrogens with two attached hydrogens (primary N) is 1. The largest absolute Gasteiger partial charge is 0.477 e. The van der Waals surface area contributed by atoms with Gasteiger partial charge in [0, 0.05) is 56.5 Å². The van der Waals surface area contributed by atoms with Crippen molar-refractivity contribution in [2.24, 2.45) is 12.8 Å². The summed E-state index contributed by atoms with van der Waals surface area (Å²) in [6.45, 7) is -0.0208. The van der Waals surface area contributed by atoms with Gasteiger partial charge < -0.3 is 19.8 Å². The molecule has 1 aromatic carbocycles. The molecule has 0 aliphatic carbocycles. The van der Waals surface area contributed by atoms with Gasteiger partial charge in [0.15, 0.2) is 0 Å². The standard InChI is InChI=1S/C26H22F4N6O2.C4H9NO/c1-34-14-17(24(33-34)38-26(29)30)18-16-9-5-10-35(13-15-7-3-2-4-8-15)23(16)31-20(18)19-21(22(27)28)32-36-11-6-12-37-25(19)36;1-2-3-4(5)6/h2-5,7-10,14,22,26H,6,11-13H2,1H3;2-3H2,1H3,(H2,5,6). The fourth-order valence-electron chi connectivity index (χ4n) is 5.09. The van der Waals surface area contributed by atoms with Crippen LogP contribution in [0.5, 0.6) is 11.8 Å². The van der Waals surface area contributed by atoms with E-state index in [9.17, 15) is 22.4 Å². The van der Waals surface area contributed by atoms with E-state index in [1.165, 1.54) is 15.6 Å². The van der Waals surface area contributed by atoms with Crippen LogP contribution in [0.15, 0.2) is 54.9 Å². The second kappa shape index (κ2) is 13.2. The Balaban J connectivity index is 0.000000584. The van der Waals surface area contributed by atoms with E-state index in [2.05, 4.69) is 10.2 Å². The lowest BCUT2D eigenvalue weighted by atomic mass is 9.98. The van der Waals surface area contributed by atoms with Gasteiger partial charge in [-0.1, -0.05) is 37.3 Å². The van der Waals surface area contributed by atoms with E-state index in [1.54, 1.807) is 19.2 Å². The molecule has 3 aromatic rings. The van der Waals surface area contributed by atoms with Crippen LogP contribution in [0.2, 0.25) is 0 Å². The maximum absolute atomic E-state index is 14.3. The number of ether oxygens (including phenoxy) is 2. The van der Waals surface area contributed by atoms with Gasteiger partial charge in [-0.05, 0) is 24.1 Å². The normalized spacial score (nSPS) is 12.6. The first kappa shape index (κ1) is 30.6. The third-order valence-corrected chi connectivity index (χ3v) is 6.85. The van der Waals surface area contributed by atoms with Crippen LogP contribution < -0.4 is 15.2 Å². The molecule has 2 N–H and O–H groups in total. The zero-order valence-corrected chi connectivity index (χ0v) is 24.1. The fourth-order valence-corrected chi connectivity index (χ4v) is 5.09. The van der Waals surface area contributed by atoms with Crippen molar-refractivity contribution in [3.8, 4) is 45.5 Å². The maximum atomic E-state index is 14.3. The summed E-state index contributed by atoms with van der Waals surface area (Å²) in [5.74, 6) is 0.101. The highest BCUT2D eigenvalue weighted by molar-refractivity contribution is 5.97. The molecule has 0 bridgehead atoms. The SMILES string of the molecule is CCCC(N)=O.Cn1cc(-c2c3cccn(Cc4ccccc4)c-3nc2-c2c(C(F)F)nn3c2OCCC3)c(OC(F)F)n1. The molecule has 2 aromatic heterocycles. The molecule has 10 nitrogen and oxygen atoms in total. The van der Waals surface area contributed by atoms with Crippen molar-refractivity contribution in [1.82, 2.24) is 29.1 Å². The zero-order chi connectivity index (χ0) is 31.4. The number of carbonyl (C=O) groups excluding carboxylic acids is 1. The number of nitrogens with zero attached hydrogens (tertiary/aromatic N) is 6. The number of hydrogen-bond acceptors (Lipinski definition) is 6. The minimum Gasteiger partial charge on any atom is -0.477 e. The summed E-state index contributed by atoms with van der Waals surface area (Å²) in [5, 5.41) is 8.17. The highest BCUT2D eigenvalue weighted by atomic mass is 19.3. The number of aryl methyl sites for hydroxylation is 2. The number of pyridine rings is 1. The number of amides is 1. The molecule has 3 aliphatic heterocycles. The minimum absolute atomic E-state index is 0.0315. The molecule has 6 rings (SSSR count). The van der Waals surface area contributed by atoms with Crippen molar-refractivity contribution >= 4 is 5.91 Å². The van der Waals surface area contributed by atoms with Crippen molar-refractivity contribution in [3.63, 3.8) is 0 Å². The third kappa shape index (κ3) is 6.38. The number of primary amides is 1. The van der Waals surface area contributed by atoms with Crippen molar-refractivity contribution in [3.05, 3.63) is 66.1 Å². The number of carbonyl (C=O) groups is 1. The first-order chi connectivity index (χ1) is 21.2. The Kier molecular flexibility index (Phi) is 9.16. The fraction of sp³-hybridized carbons (Fsp3) is 0.333. The van der Waals surface area contributed by atoms with Crippen LogP contribution in [0.25, 0.3) is 33.8 Å². The molecule has 0 unspecified atom stereocenters. The Morgan fingerprint density at radius 2 is 1.84 bits per heavy atom. The summed E-state index contributed by atoms with van der Waals surface area (Å²) in [5.41, 5.74) is 6.53. The molecular formula is C30H31F4N7O3.